The average molecular weight is 447 g/mol. The molecular weight excluding hydrogens is 419 g/mol. The predicted molar refractivity (Wildman–Crippen MR) is 119 cm³/mol. The number of sulfonamides is 1. The third-order valence-electron chi connectivity index (χ3n) is 4.70. The van der Waals surface area contributed by atoms with Gasteiger partial charge in [-0.15, -0.1) is 0 Å². The smallest absolute Gasteiger partial charge is 0.257 e. The molecule has 0 saturated heterocycles. The molecule has 2 rings (SSSR count). The van der Waals surface area contributed by atoms with E-state index in [0.717, 1.165) is 5.41 Å². The third-order valence-corrected chi connectivity index (χ3v) is 5.68. The van der Waals surface area contributed by atoms with Crippen LogP contribution in [0.1, 0.15) is 31.9 Å². The second-order valence-corrected chi connectivity index (χ2v) is 8.89. The van der Waals surface area contributed by atoms with E-state index in [1.54, 1.807) is 37.3 Å². The van der Waals surface area contributed by atoms with Crippen molar-refractivity contribution in [2.24, 2.45) is 5.92 Å². The zero-order valence-electron chi connectivity index (χ0n) is 17.8. The first kappa shape index (κ1) is 24.3. The fourth-order valence-corrected chi connectivity index (χ4v) is 3.93. The lowest BCUT2D eigenvalue weighted by molar-refractivity contribution is -0.142. The molecule has 0 heterocycles. The summed E-state index contributed by atoms with van der Waals surface area (Å²) in [5.41, 5.74) is 1.20. The third kappa shape index (κ3) is 7.32. The number of amides is 2. The van der Waals surface area contributed by atoms with E-state index in [4.69, 9.17) is 0 Å². The summed E-state index contributed by atoms with van der Waals surface area (Å²) in [7, 11) is -4.12. The Morgan fingerprint density at radius 3 is 2.23 bits per heavy atom. The van der Waals surface area contributed by atoms with E-state index in [9.17, 15) is 22.4 Å². The first-order chi connectivity index (χ1) is 14.6. The van der Waals surface area contributed by atoms with E-state index in [2.05, 4.69) is 0 Å². The summed E-state index contributed by atoms with van der Waals surface area (Å²) < 4.78 is 40.1. The zero-order chi connectivity index (χ0) is 23.0. The van der Waals surface area contributed by atoms with Crippen LogP contribution in [0.2, 0.25) is 0 Å². The van der Waals surface area contributed by atoms with Crippen LogP contribution in [-0.4, -0.2) is 37.7 Å². The summed E-state index contributed by atoms with van der Waals surface area (Å²) in [6, 6.07) is 14.0. The molecule has 2 aromatic rings. The van der Waals surface area contributed by atoms with Gasteiger partial charge in [0.1, 0.15) is 11.7 Å². The van der Waals surface area contributed by atoms with Crippen LogP contribution in [0, 0.1) is 11.7 Å². The second kappa shape index (κ2) is 10.9. The van der Waals surface area contributed by atoms with E-state index in [1.807, 2.05) is 18.6 Å². The first-order valence-electron chi connectivity index (χ1n) is 9.97. The lowest BCUT2D eigenvalue weighted by Crippen LogP contribution is -2.48. The Bertz CT molecular complexity index is 1020. The lowest BCUT2D eigenvalue weighted by atomic mass is 9.96. The van der Waals surface area contributed by atoms with Crippen molar-refractivity contribution in [2.45, 2.75) is 33.2 Å². The normalized spacial score (nSPS) is 12.7. The van der Waals surface area contributed by atoms with Gasteiger partial charge in [-0.05, 0) is 56.5 Å². The van der Waals surface area contributed by atoms with Crippen LogP contribution < -0.4 is 4.72 Å². The van der Waals surface area contributed by atoms with E-state index in [0.29, 0.717) is 17.7 Å². The quantitative estimate of drug-likeness (QED) is 0.599. The highest BCUT2D eigenvalue weighted by molar-refractivity contribution is 7.93. The SMILES string of the molecule is CCN(C(=O)C(Cc1ccc(F)cc1)C(=O)NS(=O)(=O)C=Cc1ccccc1)C(C)C. The number of hydrogen-bond donors (Lipinski definition) is 1. The van der Waals surface area contributed by atoms with Gasteiger partial charge in [0, 0.05) is 12.6 Å². The molecule has 1 atom stereocenters. The van der Waals surface area contributed by atoms with Crippen LogP contribution in [0.3, 0.4) is 0 Å². The Morgan fingerprint density at radius 1 is 1.06 bits per heavy atom. The number of halogens is 1. The minimum absolute atomic E-state index is 0.0495. The molecule has 0 saturated carbocycles. The summed E-state index contributed by atoms with van der Waals surface area (Å²) in [5.74, 6) is -3.12. The molecule has 0 aromatic heterocycles. The largest absolute Gasteiger partial charge is 0.340 e. The average Bonchev–Trinajstić information content (AvgIpc) is 2.72. The van der Waals surface area contributed by atoms with E-state index < -0.39 is 33.6 Å². The molecule has 2 amide bonds. The maximum absolute atomic E-state index is 13.2. The number of carbonyl (C=O) groups excluding carboxylic acids is 2. The van der Waals surface area contributed by atoms with Crippen LogP contribution in [0.15, 0.2) is 60.0 Å². The molecule has 1 N–H and O–H groups in total. The van der Waals surface area contributed by atoms with Crippen molar-refractivity contribution in [3.8, 4) is 0 Å². The summed E-state index contributed by atoms with van der Waals surface area (Å²) in [4.78, 5) is 27.5. The highest BCUT2D eigenvalue weighted by atomic mass is 32.2. The van der Waals surface area contributed by atoms with Crippen molar-refractivity contribution in [1.29, 1.82) is 0 Å². The summed E-state index contributed by atoms with van der Waals surface area (Å²) >= 11 is 0. The highest BCUT2D eigenvalue weighted by Crippen LogP contribution is 2.16. The van der Waals surface area contributed by atoms with Crippen molar-refractivity contribution < 1.29 is 22.4 Å². The van der Waals surface area contributed by atoms with Crippen LogP contribution in [-0.2, 0) is 26.0 Å². The van der Waals surface area contributed by atoms with E-state index in [1.165, 1.54) is 35.2 Å². The molecule has 166 valence electrons. The van der Waals surface area contributed by atoms with Crippen LogP contribution >= 0.6 is 0 Å². The topological polar surface area (TPSA) is 83.6 Å². The molecule has 31 heavy (non-hydrogen) atoms. The molecule has 6 nitrogen and oxygen atoms in total. The molecule has 0 aliphatic carbocycles. The molecule has 8 heteroatoms. The standard InChI is InChI=1S/C23H27FN2O4S/c1-4-26(17(2)3)23(28)21(16-19-10-12-20(24)13-11-19)22(27)25-31(29,30)15-14-18-8-6-5-7-9-18/h5-15,17,21H,4,16H2,1-3H3,(H,25,27). The van der Waals surface area contributed by atoms with Crippen LogP contribution in [0.25, 0.3) is 6.08 Å². The number of carbonyl (C=O) groups is 2. The van der Waals surface area contributed by atoms with Crippen molar-refractivity contribution in [1.82, 2.24) is 9.62 Å². The zero-order valence-corrected chi connectivity index (χ0v) is 18.6. The minimum Gasteiger partial charge on any atom is -0.340 e. The molecule has 0 aliphatic heterocycles. The van der Waals surface area contributed by atoms with Crippen molar-refractivity contribution in [3.63, 3.8) is 0 Å². The Morgan fingerprint density at radius 2 is 1.68 bits per heavy atom. The number of nitrogens with zero attached hydrogens (tertiary/aromatic N) is 1. The summed E-state index contributed by atoms with van der Waals surface area (Å²) in [6.07, 6.45) is 1.31. The molecule has 2 aromatic carbocycles. The van der Waals surface area contributed by atoms with Crippen molar-refractivity contribution in [3.05, 3.63) is 76.9 Å². The molecule has 0 spiro atoms. The minimum atomic E-state index is -4.12. The molecular formula is C23H27FN2O4S. The van der Waals surface area contributed by atoms with Crippen LogP contribution in [0.4, 0.5) is 4.39 Å². The lowest BCUT2D eigenvalue weighted by Gasteiger charge is -2.29. The van der Waals surface area contributed by atoms with E-state index >= 15 is 0 Å². The van der Waals surface area contributed by atoms with Gasteiger partial charge in [-0.3, -0.25) is 9.59 Å². The van der Waals surface area contributed by atoms with Gasteiger partial charge in [0.25, 0.3) is 10.0 Å². The van der Waals surface area contributed by atoms with Gasteiger partial charge in [0.05, 0.1) is 5.41 Å². The fraction of sp³-hybridized carbons (Fsp3) is 0.304. The molecule has 0 fully saturated rings. The molecule has 1 unspecified atom stereocenters. The number of nitrogens with one attached hydrogen (secondary N) is 1. The predicted octanol–water partition coefficient (Wildman–Crippen LogP) is 3.36. The van der Waals surface area contributed by atoms with Gasteiger partial charge in [0.15, 0.2) is 0 Å². The molecule has 0 bridgehead atoms. The monoisotopic (exact) mass is 446 g/mol. The Hall–Kier alpha value is -3.00. The highest BCUT2D eigenvalue weighted by Gasteiger charge is 2.33. The molecule has 0 radical (unpaired) electrons. The first-order valence-corrected chi connectivity index (χ1v) is 11.5. The van der Waals surface area contributed by atoms with Crippen LogP contribution in [0.5, 0.6) is 0 Å². The number of benzene rings is 2. The Labute approximate surface area is 182 Å². The van der Waals surface area contributed by atoms with Crippen molar-refractivity contribution in [2.75, 3.05) is 6.54 Å². The Balaban J connectivity index is 2.26. The van der Waals surface area contributed by atoms with E-state index in [-0.39, 0.29) is 12.5 Å². The Kier molecular flexibility index (Phi) is 8.50. The molecule has 0 aliphatic rings. The van der Waals surface area contributed by atoms with Gasteiger partial charge in [0.2, 0.25) is 11.8 Å². The van der Waals surface area contributed by atoms with Gasteiger partial charge in [-0.1, -0.05) is 42.5 Å². The second-order valence-electron chi connectivity index (χ2n) is 7.33. The van der Waals surface area contributed by atoms with Gasteiger partial charge in [-0.25, -0.2) is 17.5 Å². The maximum Gasteiger partial charge on any atom is 0.257 e. The van der Waals surface area contributed by atoms with Gasteiger partial charge >= 0.3 is 0 Å². The summed E-state index contributed by atoms with van der Waals surface area (Å²) in [6.45, 7) is 5.77. The van der Waals surface area contributed by atoms with Gasteiger partial charge < -0.3 is 4.90 Å². The fourth-order valence-electron chi connectivity index (χ4n) is 3.10. The maximum atomic E-state index is 13.2. The number of rotatable bonds is 9. The number of hydrogen-bond acceptors (Lipinski definition) is 4. The summed E-state index contributed by atoms with van der Waals surface area (Å²) in [5, 5.41) is 0.889. The van der Waals surface area contributed by atoms with Crippen molar-refractivity contribution >= 4 is 27.9 Å². The van der Waals surface area contributed by atoms with Gasteiger partial charge in [-0.2, -0.15) is 0 Å².